The zero-order valence-electron chi connectivity index (χ0n) is 18.3. The minimum atomic E-state index is -4.73. The van der Waals surface area contributed by atoms with Crippen molar-refractivity contribution in [2.24, 2.45) is 0 Å². The summed E-state index contributed by atoms with van der Waals surface area (Å²) in [6.45, 7) is 2.20. The Morgan fingerprint density at radius 3 is 2.50 bits per heavy atom. The number of nitrogens with zero attached hydrogens (tertiary/aromatic N) is 4. The van der Waals surface area contributed by atoms with Crippen LogP contribution in [0.4, 0.5) is 13.2 Å². The number of rotatable bonds is 5. The molecular weight excluding hydrogens is 491 g/mol. The summed E-state index contributed by atoms with van der Waals surface area (Å²) in [5.74, 6) is 0. The Bertz CT molecular complexity index is 1410. The molecule has 34 heavy (non-hydrogen) atoms. The fourth-order valence-electron chi connectivity index (χ4n) is 4.36. The molecule has 180 valence electrons. The molecule has 0 amide bonds. The van der Waals surface area contributed by atoms with Crippen LogP contribution in [0.3, 0.4) is 0 Å². The van der Waals surface area contributed by atoms with E-state index in [4.69, 9.17) is 11.6 Å². The Morgan fingerprint density at radius 1 is 1.24 bits per heavy atom. The molecule has 3 aromatic rings. The lowest BCUT2D eigenvalue weighted by molar-refractivity contribution is -0.147. The van der Waals surface area contributed by atoms with Crippen LogP contribution in [0.25, 0.3) is 22.4 Å². The van der Waals surface area contributed by atoms with E-state index in [1.807, 2.05) is 4.57 Å². The Balaban J connectivity index is 1.87. The van der Waals surface area contributed by atoms with Crippen molar-refractivity contribution < 1.29 is 21.6 Å². The summed E-state index contributed by atoms with van der Waals surface area (Å²) in [7, 11) is -4.48. The largest absolute Gasteiger partial charge is 0.404 e. The molecule has 4 rings (SSSR count). The van der Waals surface area contributed by atoms with Gasteiger partial charge in [0.05, 0.1) is 22.0 Å². The summed E-state index contributed by atoms with van der Waals surface area (Å²) < 4.78 is 67.5. The van der Waals surface area contributed by atoms with Gasteiger partial charge in [0, 0.05) is 23.8 Å². The van der Waals surface area contributed by atoms with E-state index in [-0.39, 0.29) is 16.5 Å². The number of nitriles is 1. The van der Waals surface area contributed by atoms with Gasteiger partial charge in [0.15, 0.2) is 0 Å². The highest BCUT2D eigenvalue weighted by atomic mass is 35.5. The minimum Gasteiger partial charge on any atom is -0.320 e. The van der Waals surface area contributed by atoms with Gasteiger partial charge in [-0.15, -0.1) is 0 Å². The van der Waals surface area contributed by atoms with Crippen LogP contribution in [-0.4, -0.2) is 35.2 Å². The number of aryl methyl sites for hydroxylation is 1. The van der Waals surface area contributed by atoms with Crippen molar-refractivity contribution in [1.29, 1.82) is 5.26 Å². The molecule has 0 spiro atoms. The van der Waals surface area contributed by atoms with Gasteiger partial charge in [0.1, 0.15) is 22.7 Å². The Hall–Kier alpha value is -2.68. The minimum absolute atomic E-state index is 0.0769. The number of sulfonamides is 1. The second-order valence-corrected chi connectivity index (χ2v) is 10.5. The van der Waals surface area contributed by atoms with Crippen LogP contribution in [-0.2, 0) is 10.0 Å². The van der Waals surface area contributed by atoms with Gasteiger partial charge >= 0.3 is 6.18 Å². The third kappa shape index (κ3) is 4.37. The summed E-state index contributed by atoms with van der Waals surface area (Å²) >= 11 is 6.13. The van der Waals surface area contributed by atoms with Crippen LogP contribution < -0.4 is 4.72 Å². The van der Waals surface area contributed by atoms with E-state index in [0.29, 0.717) is 33.0 Å². The highest BCUT2D eigenvalue weighted by molar-refractivity contribution is 7.89. The van der Waals surface area contributed by atoms with E-state index in [9.17, 15) is 26.9 Å². The van der Waals surface area contributed by atoms with E-state index >= 15 is 0 Å². The van der Waals surface area contributed by atoms with Crippen LogP contribution in [0.15, 0.2) is 29.4 Å². The SMILES string of the molecule is Cc1cc(-c2c(C#N)c3cc(Cl)cnc3n2C2CCCC2)ncc1S(=O)(=O)NC(C)C(F)(F)F. The Labute approximate surface area is 199 Å². The van der Waals surface area contributed by atoms with Crippen LogP contribution in [0.1, 0.15) is 49.8 Å². The van der Waals surface area contributed by atoms with Crippen LogP contribution >= 0.6 is 11.6 Å². The zero-order chi connectivity index (χ0) is 24.8. The number of alkyl halides is 3. The molecule has 0 radical (unpaired) electrons. The molecule has 1 atom stereocenters. The number of halogens is 4. The lowest BCUT2D eigenvalue weighted by Gasteiger charge is -2.19. The van der Waals surface area contributed by atoms with Gasteiger partial charge in [-0.1, -0.05) is 24.4 Å². The number of pyridine rings is 2. The summed E-state index contributed by atoms with van der Waals surface area (Å²) in [5.41, 5.74) is 1.91. The van der Waals surface area contributed by atoms with E-state index in [0.717, 1.165) is 38.8 Å². The fraction of sp³-hybridized carbons (Fsp3) is 0.409. The molecule has 0 aromatic carbocycles. The average molecular weight is 512 g/mol. The molecular formula is C22H21ClF3N5O2S. The maximum Gasteiger partial charge on any atom is 0.404 e. The standard InChI is InChI=1S/C22H21ClF3N5O2S/c1-12-7-18(28-11-19(12)34(32,33)30-13(2)22(24,25)26)20-17(9-27)16-8-14(23)10-29-21(16)31(20)15-5-3-4-6-15/h7-8,10-11,13,15,30H,3-6H2,1-2H3. The molecule has 0 bridgehead atoms. The first-order valence-electron chi connectivity index (χ1n) is 10.6. The predicted octanol–water partition coefficient (Wildman–Crippen LogP) is 5.28. The lowest BCUT2D eigenvalue weighted by Crippen LogP contribution is -2.43. The summed E-state index contributed by atoms with van der Waals surface area (Å²) in [6, 6.07) is 3.14. The van der Waals surface area contributed by atoms with E-state index in [2.05, 4.69) is 16.0 Å². The van der Waals surface area contributed by atoms with Crippen molar-refractivity contribution in [3.63, 3.8) is 0 Å². The van der Waals surface area contributed by atoms with Gasteiger partial charge in [-0.25, -0.2) is 13.4 Å². The summed E-state index contributed by atoms with van der Waals surface area (Å²) in [4.78, 5) is 8.36. The van der Waals surface area contributed by atoms with E-state index in [1.165, 1.54) is 19.2 Å². The van der Waals surface area contributed by atoms with Crippen molar-refractivity contribution in [2.45, 2.75) is 62.7 Å². The molecule has 7 nitrogen and oxygen atoms in total. The van der Waals surface area contributed by atoms with Crippen LogP contribution in [0.2, 0.25) is 5.02 Å². The number of hydrogen-bond donors (Lipinski definition) is 1. The van der Waals surface area contributed by atoms with E-state index in [1.54, 1.807) is 10.8 Å². The average Bonchev–Trinajstić information content (AvgIpc) is 3.37. The first-order chi connectivity index (χ1) is 15.9. The lowest BCUT2D eigenvalue weighted by atomic mass is 10.1. The number of nitrogens with one attached hydrogen (secondary N) is 1. The van der Waals surface area contributed by atoms with Gasteiger partial charge in [-0.3, -0.25) is 4.98 Å². The molecule has 3 aromatic heterocycles. The third-order valence-corrected chi connectivity index (χ3v) is 7.90. The molecule has 1 N–H and O–H groups in total. The first-order valence-corrected chi connectivity index (χ1v) is 12.5. The molecule has 1 fully saturated rings. The van der Waals surface area contributed by atoms with Crippen molar-refractivity contribution in [1.82, 2.24) is 19.3 Å². The maximum atomic E-state index is 12.9. The highest BCUT2D eigenvalue weighted by Crippen LogP contribution is 2.41. The van der Waals surface area contributed by atoms with Gasteiger partial charge in [-0.05, 0) is 44.4 Å². The second kappa shape index (κ2) is 8.83. The third-order valence-electron chi connectivity index (χ3n) is 6.03. The van der Waals surface area contributed by atoms with Gasteiger partial charge < -0.3 is 4.57 Å². The highest BCUT2D eigenvalue weighted by Gasteiger charge is 2.39. The maximum absolute atomic E-state index is 12.9. The zero-order valence-corrected chi connectivity index (χ0v) is 19.9. The summed E-state index contributed by atoms with van der Waals surface area (Å²) in [6.07, 6.45) is 1.61. The molecule has 1 unspecified atom stereocenters. The molecule has 12 heteroatoms. The molecule has 1 aliphatic carbocycles. The first kappa shape index (κ1) is 24.4. The molecule has 0 aliphatic heterocycles. The monoisotopic (exact) mass is 511 g/mol. The normalized spacial score (nSPS) is 16.1. The van der Waals surface area contributed by atoms with Gasteiger partial charge in [0.2, 0.25) is 10.0 Å². The van der Waals surface area contributed by atoms with Crippen molar-refractivity contribution >= 4 is 32.7 Å². The molecule has 1 saturated carbocycles. The predicted molar refractivity (Wildman–Crippen MR) is 121 cm³/mol. The number of fused-ring (bicyclic) bond motifs is 1. The van der Waals surface area contributed by atoms with Crippen LogP contribution in [0, 0.1) is 18.3 Å². The van der Waals surface area contributed by atoms with Crippen molar-refractivity contribution in [3.8, 4) is 17.5 Å². The molecule has 1 aliphatic rings. The Kier molecular flexibility index (Phi) is 6.35. The van der Waals surface area contributed by atoms with Gasteiger partial charge in [0.25, 0.3) is 0 Å². The van der Waals surface area contributed by atoms with Gasteiger partial charge in [-0.2, -0.15) is 23.2 Å². The van der Waals surface area contributed by atoms with E-state index < -0.39 is 22.2 Å². The fourth-order valence-corrected chi connectivity index (χ4v) is 5.92. The Morgan fingerprint density at radius 2 is 1.91 bits per heavy atom. The topological polar surface area (TPSA) is 101 Å². The molecule has 0 saturated heterocycles. The molecule has 3 heterocycles. The van der Waals surface area contributed by atoms with Crippen molar-refractivity contribution in [2.75, 3.05) is 0 Å². The smallest absolute Gasteiger partial charge is 0.320 e. The quantitative estimate of drug-likeness (QED) is 0.502. The number of aromatic nitrogens is 3. The second-order valence-electron chi connectivity index (χ2n) is 8.39. The summed E-state index contributed by atoms with van der Waals surface area (Å²) in [5, 5.41) is 10.9. The number of hydrogen-bond acceptors (Lipinski definition) is 5. The van der Waals surface area contributed by atoms with Crippen LogP contribution in [0.5, 0.6) is 0 Å². The van der Waals surface area contributed by atoms with Crippen molar-refractivity contribution in [3.05, 3.63) is 40.7 Å².